The minimum Gasteiger partial charge on any atom is -0.380 e. The molecule has 0 aromatic carbocycles. The van der Waals surface area contributed by atoms with Crippen molar-refractivity contribution in [1.82, 2.24) is 5.32 Å². The van der Waals surface area contributed by atoms with Gasteiger partial charge in [0.1, 0.15) is 0 Å². The molecule has 78 valence electrons. The number of nitrogens with one attached hydrogen (secondary N) is 1. The van der Waals surface area contributed by atoms with Gasteiger partial charge in [-0.2, -0.15) is 0 Å². The maximum atomic E-state index is 5.87. The zero-order chi connectivity index (χ0) is 9.90. The molecule has 1 fully saturated rings. The van der Waals surface area contributed by atoms with Gasteiger partial charge in [0.05, 0.1) is 17.8 Å². The molecule has 3 heteroatoms. The van der Waals surface area contributed by atoms with Gasteiger partial charge in [-0.25, -0.2) is 0 Å². The van der Waals surface area contributed by atoms with Crippen LogP contribution in [0.5, 0.6) is 0 Å². The quantitative estimate of drug-likeness (QED) is 0.704. The topological polar surface area (TPSA) is 30.5 Å². The summed E-state index contributed by atoms with van der Waals surface area (Å²) in [5.41, 5.74) is -0.0536. The molecule has 1 aliphatic heterocycles. The van der Waals surface area contributed by atoms with E-state index in [9.17, 15) is 0 Å². The van der Waals surface area contributed by atoms with Crippen molar-refractivity contribution in [3.8, 4) is 0 Å². The van der Waals surface area contributed by atoms with Crippen LogP contribution >= 0.6 is 0 Å². The van der Waals surface area contributed by atoms with Crippen LogP contribution in [0, 0.1) is 0 Å². The Bertz CT molecular complexity index is 153. The van der Waals surface area contributed by atoms with Crippen LogP contribution in [0.4, 0.5) is 0 Å². The van der Waals surface area contributed by atoms with E-state index in [1.54, 1.807) is 7.11 Å². The average molecular weight is 187 g/mol. The van der Waals surface area contributed by atoms with E-state index in [1.165, 1.54) is 0 Å². The van der Waals surface area contributed by atoms with Crippen LogP contribution in [0.1, 0.15) is 27.2 Å². The van der Waals surface area contributed by atoms with Crippen molar-refractivity contribution in [2.75, 3.05) is 20.2 Å². The highest BCUT2D eigenvalue weighted by atomic mass is 16.5. The van der Waals surface area contributed by atoms with Crippen molar-refractivity contribution in [2.24, 2.45) is 0 Å². The van der Waals surface area contributed by atoms with Crippen molar-refractivity contribution < 1.29 is 9.47 Å². The van der Waals surface area contributed by atoms with Gasteiger partial charge in [-0.3, -0.25) is 0 Å². The monoisotopic (exact) mass is 187 g/mol. The largest absolute Gasteiger partial charge is 0.380 e. The van der Waals surface area contributed by atoms with Crippen molar-refractivity contribution in [1.29, 1.82) is 0 Å². The summed E-state index contributed by atoms with van der Waals surface area (Å²) in [5, 5.41) is 3.31. The molecular formula is C10H21NO2. The van der Waals surface area contributed by atoms with Crippen LogP contribution < -0.4 is 5.32 Å². The Kier molecular flexibility index (Phi) is 3.71. The van der Waals surface area contributed by atoms with E-state index < -0.39 is 0 Å². The summed E-state index contributed by atoms with van der Waals surface area (Å²) >= 11 is 0. The molecule has 1 saturated heterocycles. The Balaban J connectivity index is 2.34. The lowest BCUT2D eigenvalue weighted by Crippen LogP contribution is -2.46. The summed E-state index contributed by atoms with van der Waals surface area (Å²) in [6.07, 6.45) is 1.60. The van der Waals surface area contributed by atoms with E-state index >= 15 is 0 Å². The second-order valence-corrected chi connectivity index (χ2v) is 4.60. The fourth-order valence-electron chi connectivity index (χ4n) is 1.63. The summed E-state index contributed by atoms with van der Waals surface area (Å²) in [6, 6.07) is 0. The summed E-state index contributed by atoms with van der Waals surface area (Å²) in [5.74, 6) is 0. The Morgan fingerprint density at radius 2 is 1.77 bits per heavy atom. The first-order valence-corrected chi connectivity index (χ1v) is 4.92. The molecule has 0 aromatic rings. The van der Waals surface area contributed by atoms with Crippen LogP contribution in [-0.4, -0.2) is 38.0 Å². The minimum absolute atomic E-state index is 0.0536. The minimum atomic E-state index is -0.0536. The van der Waals surface area contributed by atoms with Gasteiger partial charge < -0.3 is 14.8 Å². The highest BCUT2D eigenvalue weighted by Gasteiger charge is 2.25. The normalized spacial score (nSPS) is 30.5. The zero-order valence-corrected chi connectivity index (χ0v) is 9.09. The fourth-order valence-corrected chi connectivity index (χ4v) is 1.63. The number of methoxy groups -OCH3 is 1. The third kappa shape index (κ3) is 4.07. The van der Waals surface area contributed by atoms with E-state index in [1.807, 2.05) is 0 Å². The second-order valence-electron chi connectivity index (χ2n) is 4.60. The Morgan fingerprint density at radius 3 is 2.31 bits per heavy atom. The van der Waals surface area contributed by atoms with Crippen LogP contribution in [-0.2, 0) is 9.47 Å². The first kappa shape index (κ1) is 11.0. The second kappa shape index (κ2) is 4.40. The number of rotatable bonds is 2. The van der Waals surface area contributed by atoms with Crippen LogP contribution in [0.2, 0.25) is 0 Å². The molecule has 0 radical (unpaired) electrons. The molecule has 0 aromatic heterocycles. The molecule has 0 aliphatic carbocycles. The van der Waals surface area contributed by atoms with Gasteiger partial charge in [-0.05, 0) is 20.8 Å². The van der Waals surface area contributed by atoms with Gasteiger partial charge in [0.25, 0.3) is 0 Å². The summed E-state index contributed by atoms with van der Waals surface area (Å²) in [6.45, 7) is 8.15. The summed E-state index contributed by atoms with van der Waals surface area (Å²) in [4.78, 5) is 0. The van der Waals surface area contributed by atoms with Crippen molar-refractivity contribution in [3.63, 3.8) is 0 Å². The van der Waals surface area contributed by atoms with Gasteiger partial charge in [-0.15, -0.1) is 0 Å². The lowest BCUT2D eigenvalue weighted by Gasteiger charge is -2.33. The predicted molar refractivity (Wildman–Crippen MR) is 52.9 cm³/mol. The van der Waals surface area contributed by atoms with E-state index in [4.69, 9.17) is 9.47 Å². The molecule has 1 N–H and O–H groups in total. The van der Waals surface area contributed by atoms with Crippen LogP contribution in [0.3, 0.4) is 0 Å². The van der Waals surface area contributed by atoms with E-state index in [0.29, 0.717) is 12.2 Å². The molecular weight excluding hydrogens is 166 g/mol. The maximum absolute atomic E-state index is 5.87. The SMILES string of the molecule is CO[C@@H]1CNC[C@H](OC(C)(C)C)C1. The van der Waals surface area contributed by atoms with Gasteiger partial charge in [-0.1, -0.05) is 0 Å². The van der Waals surface area contributed by atoms with E-state index in [-0.39, 0.29) is 5.60 Å². The lowest BCUT2D eigenvalue weighted by molar-refractivity contribution is -0.0901. The smallest absolute Gasteiger partial charge is 0.0731 e. The highest BCUT2D eigenvalue weighted by molar-refractivity contribution is 4.79. The average Bonchev–Trinajstić information content (AvgIpc) is 2.01. The Hall–Kier alpha value is -0.120. The molecule has 0 amide bonds. The first-order chi connectivity index (χ1) is 6.01. The van der Waals surface area contributed by atoms with Gasteiger partial charge in [0.15, 0.2) is 0 Å². The molecule has 2 atom stereocenters. The standard InChI is InChI=1S/C10H21NO2/c1-10(2,3)13-9-5-8(12-4)6-11-7-9/h8-9,11H,5-7H2,1-4H3/t8-,9+/m0/s1. The zero-order valence-electron chi connectivity index (χ0n) is 9.09. The Morgan fingerprint density at radius 1 is 1.15 bits per heavy atom. The molecule has 0 bridgehead atoms. The van der Waals surface area contributed by atoms with Crippen molar-refractivity contribution in [2.45, 2.75) is 45.0 Å². The maximum Gasteiger partial charge on any atom is 0.0731 e. The number of hydrogen-bond donors (Lipinski definition) is 1. The number of ether oxygens (including phenoxy) is 2. The molecule has 0 spiro atoms. The molecule has 1 rings (SSSR count). The molecule has 13 heavy (non-hydrogen) atoms. The van der Waals surface area contributed by atoms with E-state index in [2.05, 4.69) is 26.1 Å². The Labute approximate surface area is 80.8 Å². The van der Waals surface area contributed by atoms with Crippen LogP contribution in [0.25, 0.3) is 0 Å². The van der Waals surface area contributed by atoms with Crippen molar-refractivity contribution >= 4 is 0 Å². The van der Waals surface area contributed by atoms with E-state index in [0.717, 1.165) is 19.5 Å². The van der Waals surface area contributed by atoms with Gasteiger partial charge in [0, 0.05) is 26.6 Å². The third-order valence-electron chi connectivity index (χ3n) is 2.12. The number of hydrogen-bond acceptors (Lipinski definition) is 3. The van der Waals surface area contributed by atoms with Gasteiger partial charge >= 0.3 is 0 Å². The molecule has 3 nitrogen and oxygen atoms in total. The molecule has 0 unspecified atom stereocenters. The first-order valence-electron chi connectivity index (χ1n) is 4.92. The van der Waals surface area contributed by atoms with Gasteiger partial charge in [0.2, 0.25) is 0 Å². The molecule has 1 aliphatic rings. The fraction of sp³-hybridized carbons (Fsp3) is 1.00. The summed E-state index contributed by atoms with van der Waals surface area (Å²) in [7, 11) is 1.76. The molecule has 0 saturated carbocycles. The lowest BCUT2D eigenvalue weighted by atomic mass is 10.1. The number of piperidine rings is 1. The van der Waals surface area contributed by atoms with Crippen molar-refractivity contribution in [3.05, 3.63) is 0 Å². The highest BCUT2D eigenvalue weighted by Crippen LogP contribution is 2.17. The third-order valence-corrected chi connectivity index (χ3v) is 2.12. The van der Waals surface area contributed by atoms with Crippen LogP contribution in [0.15, 0.2) is 0 Å². The summed E-state index contributed by atoms with van der Waals surface area (Å²) < 4.78 is 11.2. The molecule has 1 heterocycles. The predicted octanol–water partition coefficient (Wildman–Crippen LogP) is 1.18.